The van der Waals surface area contributed by atoms with Crippen molar-refractivity contribution in [1.82, 2.24) is 5.32 Å². The summed E-state index contributed by atoms with van der Waals surface area (Å²) in [5.41, 5.74) is 0. The van der Waals surface area contributed by atoms with E-state index < -0.39 is 5.97 Å². The van der Waals surface area contributed by atoms with E-state index in [-0.39, 0.29) is 24.3 Å². The number of hydrogen-bond acceptors (Lipinski definition) is 3. The first-order valence-electron chi connectivity index (χ1n) is 5.23. The van der Waals surface area contributed by atoms with Gasteiger partial charge in [-0.3, -0.25) is 9.59 Å². The first-order chi connectivity index (χ1) is 7.13. The number of rotatable bonds is 5. The van der Waals surface area contributed by atoms with Crippen LogP contribution < -0.4 is 5.32 Å². The number of ether oxygens (including phenoxy) is 1. The Morgan fingerprint density at radius 2 is 2.33 bits per heavy atom. The molecule has 0 aromatic carbocycles. The quantitative estimate of drug-likeness (QED) is 0.695. The molecule has 1 fully saturated rings. The van der Waals surface area contributed by atoms with Crippen molar-refractivity contribution in [1.29, 1.82) is 0 Å². The summed E-state index contributed by atoms with van der Waals surface area (Å²) in [6, 6.07) is -0.268. The molecule has 15 heavy (non-hydrogen) atoms. The van der Waals surface area contributed by atoms with Gasteiger partial charge in [0.05, 0.1) is 18.9 Å². The number of carboxylic acids is 1. The van der Waals surface area contributed by atoms with Gasteiger partial charge in [-0.2, -0.15) is 0 Å². The van der Waals surface area contributed by atoms with Gasteiger partial charge in [0.15, 0.2) is 0 Å². The van der Waals surface area contributed by atoms with Crippen LogP contribution in [0.3, 0.4) is 0 Å². The second-order valence-electron chi connectivity index (χ2n) is 3.77. The fourth-order valence-corrected chi connectivity index (χ4v) is 1.57. The maximum Gasteiger partial charge on any atom is 0.305 e. The van der Waals surface area contributed by atoms with Gasteiger partial charge in [-0.05, 0) is 12.8 Å². The van der Waals surface area contributed by atoms with Gasteiger partial charge in [-0.15, -0.1) is 0 Å². The lowest BCUT2D eigenvalue weighted by Gasteiger charge is -2.17. The second kappa shape index (κ2) is 5.70. The van der Waals surface area contributed by atoms with Crippen LogP contribution in [0, 0.1) is 5.92 Å². The summed E-state index contributed by atoms with van der Waals surface area (Å²) in [5, 5.41) is 11.4. The zero-order valence-electron chi connectivity index (χ0n) is 8.86. The summed E-state index contributed by atoms with van der Waals surface area (Å²) >= 11 is 0. The molecule has 1 aliphatic rings. The van der Waals surface area contributed by atoms with E-state index in [1.165, 1.54) is 0 Å². The van der Waals surface area contributed by atoms with Crippen molar-refractivity contribution >= 4 is 11.9 Å². The van der Waals surface area contributed by atoms with Crippen molar-refractivity contribution in [2.45, 2.75) is 32.2 Å². The summed E-state index contributed by atoms with van der Waals surface area (Å²) in [5.74, 6) is -1.07. The molecule has 1 heterocycles. The highest BCUT2D eigenvalue weighted by molar-refractivity contribution is 5.80. The maximum absolute atomic E-state index is 11.6. The van der Waals surface area contributed by atoms with Crippen LogP contribution >= 0.6 is 0 Å². The number of aliphatic carboxylic acids is 1. The topological polar surface area (TPSA) is 75.6 Å². The maximum atomic E-state index is 11.6. The molecule has 1 amide bonds. The molecular weight excluding hydrogens is 198 g/mol. The zero-order chi connectivity index (χ0) is 11.3. The summed E-state index contributed by atoms with van der Waals surface area (Å²) in [6.45, 7) is 2.93. The average molecular weight is 215 g/mol. The third-order valence-electron chi connectivity index (χ3n) is 2.56. The average Bonchev–Trinajstić information content (AvgIpc) is 2.68. The van der Waals surface area contributed by atoms with Crippen molar-refractivity contribution in [2.75, 3.05) is 13.2 Å². The molecule has 2 N–H and O–H groups in total. The Kier molecular flexibility index (Phi) is 4.55. The Bertz CT molecular complexity index is 236. The monoisotopic (exact) mass is 215 g/mol. The minimum absolute atomic E-state index is 0.0180. The van der Waals surface area contributed by atoms with Gasteiger partial charge in [0.2, 0.25) is 5.91 Å². The predicted molar refractivity (Wildman–Crippen MR) is 53.4 cm³/mol. The van der Waals surface area contributed by atoms with E-state index in [0.29, 0.717) is 19.6 Å². The molecule has 0 radical (unpaired) electrons. The van der Waals surface area contributed by atoms with E-state index in [9.17, 15) is 9.59 Å². The first kappa shape index (κ1) is 12.0. The number of nitrogens with one attached hydrogen (secondary N) is 1. The van der Waals surface area contributed by atoms with Crippen molar-refractivity contribution < 1.29 is 19.4 Å². The van der Waals surface area contributed by atoms with Gasteiger partial charge < -0.3 is 15.2 Å². The first-order valence-corrected chi connectivity index (χ1v) is 5.23. The summed E-state index contributed by atoms with van der Waals surface area (Å²) in [4.78, 5) is 22.1. The minimum Gasteiger partial charge on any atom is -0.481 e. The Balaban J connectivity index is 2.36. The number of carboxylic acid groups (broad SMARTS) is 1. The van der Waals surface area contributed by atoms with Gasteiger partial charge >= 0.3 is 5.97 Å². The molecule has 0 bridgehead atoms. The van der Waals surface area contributed by atoms with Crippen molar-refractivity contribution in [3.05, 3.63) is 0 Å². The van der Waals surface area contributed by atoms with Crippen LogP contribution in [0.2, 0.25) is 0 Å². The largest absolute Gasteiger partial charge is 0.481 e. The van der Waals surface area contributed by atoms with E-state index >= 15 is 0 Å². The highest BCUT2D eigenvalue weighted by atomic mass is 16.5. The lowest BCUT2D eigenvalue weighted by molar-refractivity contribution is -0.137. The molecular formula is C10H17NO4. The lowest BCUT2D eigenvalue weighted by atomic mass is 10.1. The fraction of sp³-hybridized carbons (Fsp3) is 0.800. The van der Waals surface area contributed by atoms with Gasteiger partial charge in [0, 0.05) is 12.6 Å². The van der Waals surface area contributed by atoms with Gasteiger partial charge in [-0.1, -0.05) is 6.92 Å². The highest BCUT2D eigenvalue weighted by Crippen LogP contribution is 2.13. The van der Waals surface area contributed by atoms with E-state index in [4.69, 9.17) is 9.84 Å². The van der Waals surface area contributed by atoms with Gasteiger partial charge in [-0.25, -0.2) is 0 Å². The fourth-order valence-electron chi connectivity index (χ4n) is 1.57. The highest BCUT2D eigenvalue weighted by Gasteiger charge is 2.25. The Morgan fingerprint density at radius 3 is 2.80 bits per heavy atom. The smallest absolute Gasteiger partial charge is 0.305 e. The molecule has 86 valence electrons. The Morgan fingerprint density at radius 1 is 1.60 bits per heavy atom. The van der Waals surface area contributed by atoms with Crippen LogP contribution in [0.4, 0.5) is 0 Å². The predicted octanol–water partition coefficient (Wildman–Crippen LogP) is 0.392. The number of amides is 1. The molecule has 1 saturated heterocycles. The van der Waals surface area contributed by atoms with Crippen molar-refractivity contribution in [3.63, 3.8) is 0 Å². The molecule has 1 rings (SSSR count). The third kappa shape index (κ3) is 3.87. The number of carbonyl (C=O) groups excluding carboxylic acids is 1. The van der Waals surface area contributed by atoms with Crippen LogP contribution in [0.5, 0.6) is 0 Å². The Hall–Kier alpha value is -1.10. The van der Waals surface area contributed by atoms with E-state index in [2.05, 4.69) is 5.32 Å². The second-order valence-corrected chi connectivity index (χ2v) is 3.77. The molecule has 0 saturated carbocycles. The van der Waals surface area contributed by atoms with E-state index in [0.717, 1.165) is 6.42 Å². The molecule has 5 heteroatoms. The van der Waals surface area contributed by atoms with Crippen molar-refractivity contribution in [3.8, 4) is 0 Å². The molecule has 1 aliphatic heterocycles. The molecule has 0 aromatic rings. The number of hydrogen-bond donors (Lipinski definition) is 2. The van der Waals surface area contributed by atoms with Crippen LogP contribution in [-0.2, 0) is 14.3 Å². The minimum atomic E-state index is -0.884. The zero-order valence-corrected chi connectivity index (χ0v) is 8.86. The Labute approximate surface area is 88.8 Å². The lowest BCUT2D eigenvalue weighted by Crippen LogP contribution is -2.40. The van der Waals surface area contributed by atoms with Crippen molar-refractivity contribution in [2.24, 2.45) is 5.92 Å². The summed E-state index contributed by atoms with van der Waals surface area (Å²) < 4.78 is 5.10. The third-order valence-corrected chi connectivity index (χ3v) is 2.56. The van der Waals surface area contributed by atoms with Gasteiger partial charge in [0.1, 0.15) is 0 Å². The van der Waals surface area contributed by atoms with Crippen LogP contribution in [0.1, 0.15) is 26.2 Å². The molecule has 0 aliphatic carbocycles. The molecule has 0 spiro atoms. The molecule has 5 nitrogen and oxygen atoms in total. The van der Waals surface area contributed by atoms with Crippen LogP contribution in [0.25, 0.3) is 0 Å². The normalized spacial score (nSPS) is 22.3. The van der Waals surface area contributed by atoms with E-state index in [1.807, 2.05) is 6.92 Å². The summed E-state index contributed by atoms with van der Waals surface area (Å²) in [6.07, 6.45) is 1.34. The van der Waals surface area contributed by atoms with E-state index in [1.54, 1.807) is 0 Å². The molecule has 0 aromatic heterocycles. The van der Waals surface area contributed by atoms with Crippen LogP contribution in [-0.4, -0.2) is 36.2 Å². The SMILES string of the molecule is CCC(CC(=O)O)NC(=O)C1CCOC1. The van der Waals surface area contributed by atoms with Crippen LogP contribution in [0.15, 0.2) is 0 Å². The standard InChI is InChI=1S/C10H17NO4/c1-2-8(5-9(12)13)11-10(14)7-3-4-15-6-7/h7-8H,2-6H2,1H3,(H,11,14)(H,12,13). The molecule has 2 unspecified atom stereocenters. The summed E-state index contributed by atoms with van der Waals surface area (Å²) in [7, 11) is 0. The molecule has 2 atom stereocenters. The van der Waals surface area contributed by atoms with Gasteiger partial charge in [0.25, 0.3) is 0 Å². The number of carbonyl (C=O) groups is 2.